The smallest absolute Gasteiger partial charge is 0.235 e. The zero-order valence-electron chi connectivity index (χ0n) is 20.8. The summed E-state index contributed by atoms with van der Waals surface area (Å²) in [5.74, 6) is -0.0569. The van der Waals surface area contributed by atoms with Gasteiger partial charge in [-0.05, 0) is 30.5 Å². The lowest BCUT2D eigenvalue weighted by molar-refractivity contribution is -0.113. The van der Waals surface area contributed by atoms with Gasteiger partial charge in [-0.2, -0.15) is 5.26 Å². The van der Waals surface area contributed by atoms with Crippen molar-refractivity contribution in [3.63, 3.8) is 0 Å². The molecule has 6 rings (SSSR count). The van der Waals surface area contributed by atoms with Crippen molar-refractivity contribution in [1.82, 2.24) is 24.6 Å². The van der Waals surface area contributed by atoms with Gasteiger partial charge in [0.15, 0.2) is 5.65 Å². The van der Waals surface area contributed by atoms with Crippen molar-refractivity contribution in [2.24, 2.45) is 0 Å². The van der Waals surface area contributed by atoms with Gasteiger partial charge in [-0.3, -0.25) is 9.69 Å². The van der Waals surface area contributed by atoms with Gasteiger partial charge < -0.3 is 9.88 Å². The zero-order chi connectivity index (χ0) is 26.1. The highest BCUT2D eigenvalue weighted by atomic mass is 32.2. The molecule has 0 atom stereocenters. The molecule has 3 aromatic heterocycles. The van der Waals surface area contributed by atoms with Crippen LogP contribution in [0.5, 0.6) is 0 Å². The Bertz CT molecular complexity index is 1690. The molecular weight excluding hydrogens is 514 g/mol. The number of rotatable bonds is 7. The standard InChI is InChI=1S/C28H25N7OS2/c1-2-35-22-11-7-6-10-20(22)25-26(35)31-28(33-32-25)37-17-24(36)30-27-21(14-29)19-12-13-34(16-23(19)38-27)15-18-8-4-3-5-9-18/h3-11H,2,12-13,15-17H2,1H3,(H,30,36). The van der Waals surface area contributed by atoms with E-state index in [0.717, 1.165) is 65.1 Å². The minimum atomic E-state index is -0.189. The summed E-state index contributed by atoms with van der Waals surface area (Å²) in [4.78, 5) is 21.1. The number of hydrogen-bond acceptors (Lipinski definition) is 8. The van der Waals surface area contributed by atoms with Gasteiger partial charge in [-0.15, -0.1) is 21.5 Å². The van der Waals surface area contributed by atoms with Crippen LogP contribution in [0.3, 0.4) is 0 Å². The van der Waals surface area contributed by atoms with Gasteiger partial charge >= 0.3 is 0 Å². The molecule has 1 N–H and O–H groups in total. The number of hydrogen-bond donors (Lipinski definition) is 1. The number of anilines is 1. The summed E-state index contributed by atoms with van der Waals surface area (Å²) in [6.45, 7) is 5.36. The highest BCUT2D eigenvalue weighted by Crippen LogP contribution is 2.37. The molecule has 0 fully saturated rings. The summed E-state index contributed by atoms with van der Waals surface area (Å²) >= 11 is 2.75. The fraction of sp³-hybridized carbons (Fsp3) is 0.250. The van der Waals surface area contributed by atoms with E-state index in [2.05, 4.69) is 68.3 Å². The number of carbonyl (C=O) groups is 1. The Morgan fingerprint density at radius 3 is 2.79 bits per heavy atom. The highest BCUT2D eigenvalue weighted by Gasteiger charge is 2.25. The number of aryl methyl sites for hydroxylation is 1. The van der Waals surface area contributed by atoms with Crippen LogP contribution in [0, 0.1) is 11.3 Å². The molecule has 38 heavy (non-hydrogen) atoms. The minimum Gasteiger partial charge on any atom is -0.324 e. The van der Waals surface area contributed by atoms with Crippen LogP contribution >= 0.6 is 23.1 Å². The molecule has 0 radical (unpaired) electrons. The summed E-state index contributed by atoms with van der Waals surface area (Å²) in [7, 11) is 0. The van der Waals surface area contributed by atoms with E-state index in [9.17, 15) is 10.1 Å². The number of nitriles is 1. The Kier molecular flexibility index (Phi) is 6.81. The number of para-hydroxylation sites is 1. The summed E-state index contributed by atoms with van der Waals surface area (Å²) in [6, 6.07) is 20.8. The van der Waals surface area contributed by atoms with Crippen LogP contribution in [-0.4, -0.2) is 42.9 Å². The molecule has 1 aliphatic rings. The van der Waals surface area contributed by atoms with Crippen LogP contribution in [0.1, 0.15) is 28.5 Å². The second kappa shape index (κ2) is 10.5. The van der Waals surface area contributed by atoms with Crippen LogP contribution in [-0.2, 0) is 30.8 Å². The van der Waals surface area contributed by atoms with E-state index in [0.29, 0.717) is 15.7 Å². The van der Waals surface area contributed by atoms with Crippen molar-refractivity contribution in [1.29, 1.82) is 5.26 Å². The number of nitrogens with zero attached hydrogens (tertiary/aromatic N) is 6. The predicted molar refractivity (Wildman–Crippen MR) is 151 cm³/mol. The monoisotopic (exact) mass is 539 g/mol. The second-order valence-corrected chi connectivity index (χ2v) is 11.2. The van der Waals surface area contributed by atoms with Crippen LogP contribution < -0.4 is 5.32 Å². The Hall–Kier alpha value is -3.78. The summed E-state index contributed by atoms with van der Waals surface area (Å²) in [5.41, 5.74) is 5.53. The molecule has 190 valence electrons. The van der Waals surface area contributed by atoms with Crippen LogP contribution in [0.4, 0.5) is 5.00 Å². The van der Waals surface area contributed by atoms with Gasteiger partial charge in [0.1, 0.15) is 16.6 Å². The lowest BCUT2D eigenvalue weighted by Gasteiger charge is -2.26. The number of thioether (sulfide) groups is 1. The second-order valence-electron chi connectivity index (χ2n) is 9.13. The van der Waals surface area contributed by atoms with Crippen LogP contribution in [0.25, 0.3) is 22.1 Å². The van der Waals surface area contributed by atoms with E-state index in [4.69, 9.17) is 4.98 Å². The highest BCUT2D eigenvalue weighted by molar-refractivity contribution is 7.99. The molecule has 10 heteroatoms. The Balaban J connectivity index is 1.14. The number of fused-ring (bicyclic) bond motifs is 4. The van der Waals surface area contributed by atoms with E-state index in [1.54, 1.807) is 0 Å². The molecule has 1 amide bonds. The van der Waals surface area contributed by atoms with Gasteiger partial charge in [-0.1, -0.05) is 60.3 Å². The first-order valence-corrected chi connectivity index (χ1v) is 14.3. The predicted octanol–water partition coefficient (Wildman–Crippen LogP) is 5.22. The Morgan fingerprint density at radius 1 is 1.16 bits per heavy atom. The maximum absolute atomic E-state index is 12.9. The number of aromatic nitrogens is 4. The van der Waals surface area contributed by atoms with Crippen molar-refractivity contribution in [2.45, 2.75) is 38.1 Å². The summed E-state index contributed by atoms with van der Waals surface area (Å²) < 4.78 is 2.11. The average molecular weight is 540 g/mol. The molecule has 1 aliphatic heterocycles. The topological polar surface area (TPSA) is 99.7 Å². The molecule has 5 aromatic rings. The third-order valence-corrected chi connectivity index (χ3v) is 8.72. The quantitative estimate of drug-likeness (QED) is 0.283. The van der Waals surface area contributed by atoms with E-state index in [1.165, 1.54) is 28.7 Å². The fourth-order valence-corrected chi connectivity index (χ4v) is 6.84. The van der Waals surface area contributed by atoms with E-state index < -0.39 is 0 Å². The number of benzene rings is 2. The molecule has 0 spiro atoms. The average Bonchev–Trinajstić information content (AvgIpc) is 3.45. The first kappa shape index (κ1) is 24.6. The molecule has 2 aromatic carbocycles. The molecule has 0 unspecified atom stereocenters. The van der Waals surface area contributed by atoms with Crippen molar-refractivity contribution in [3.05, 3.63) is 76.2 Å². The Labute approximate surface area is 228 Å². The van der Waals surface area contributed by atoms with Crippen LogP contribution in [0.15, 0.2) is 59.8 Å². The van der Waals surface area contributed by atoms with Gasteiger partial charge in [-0.25, -0.2) is 4.98 Å². The van der Waals surface area contributed by atoms with E-state index in [-0.39, 0.29) is 11.7 Å². The third kappa shape index (κ3) is 4.65. The van der Waals surface area contributed by atoms with E-state index in [1.807, 2.05) is 24.3 Å². The fourth-order valence-electron chi connectivity index (χ4n) is 5.00. The van der Waals surface area contributed by atoms with Gasteiger partial charge in [0, 0.05) is 36.4 Å². The molecule has 8 nitrogen and oxygen atoms in total. The normalized spacial score (nSPS) is 13.5. The van der Waals surface area contributed by atoms with E-state index >= 15 is 0 Å². The van der Waals surface area contributed by atoms with Gasteiger partial charge in [0.25, 0.3) is 0 Å². The lowest BCUT2D eigenvalue weighted by Crippen LogP contribution is -2.29. The van der Waals surface area contributed by atoms with Crippen molar-refractivity contribution < 1.29 is 4.79 Å². The number of amides is 1. The van der Waals surface area contributed by atoms with Gasteiger partial charge in [0.2, 0.25) is 11.1 Å². The van der Waals surface area contributed by atoms with Crippen molar-refractivity contribution in [3.8, 4) is 6.07 Å². The molecule has 4 heterocycles. The first-order valence-electron chi connectivity index (χ1n) is 12.5. The lowest BCUT2D eigenvalue weighted by atomic mass is 10.0. The molecule has 0 saturated heterocycles. The minimum absolute atomic E-state index is 0.132. The summed E-state index contributed by atoms with van der Waals surface area (Å²) in [5, 5.41) is 23.6. The molecule has 0 saturated carbocycles. The van der Waals surface area contributed by atoms with Crippen LogP contribution in [0.2, 0.25) is 0 Å². The number of nitrogens with one attached hydrogen (secondary N) is 1. The number of thiophene rings is 1. The largest absolute Gasteiger partial charge is 0.324 e. The molecular formula is C28H25N7OS2. The maximum atomic E-state index is 12.9. The van der Waals surface area contributed by atoms with Crippen molar-refractivity contribution >= 4 is 56.1 Å². The third-order valence-electron chi connectivity index (χ3n) is 6.75. The zero-order valence-corrected chi connectivity index (χ0v) is 22.5. The van der Waals surface area contributed by atoms with Crippen molar-refractivity contribution in [2.75, 3.05) is 17.6 Å². The first-order chi connectivity index (χ1) is 18.6. The maximum Gasteiger partial charge on any atom is 0.235 e. The molecule has 0 bridgehead atoms. The Morgan fingerprint density at radius 2 is 1.97 bits per heavy atom. The number of carbonyl (C=O) groups excluding carboxylic acids is 1. The van der Waals surface area contributed by atoms with Gasteiger partial charge in [0.05, 0.1) is 16.8 Å². The molecule has 0 aliphatic carbocycles. The summed E-state index contributed by atoms with van der Waals surface area (Å²) in [6.07, 6.45) is 0.803. The SMILES string of the molecule is CCn1c2ccccc2c2nnc(SCC(=O)Nc3sc4c(c3C#N)CCN(Cc3ccccc3)C4)nc21.